The first-order chi connectivity index (χ1) is 15.0. The minimum Gasteiger partial charge on any atom is -0.493 e. The summed E-state index contributed by atoms with van der Waals surface area (Å²) in [5.41, 5.74) is 2.79. The summed E-state index contributed by atoms with van der Waals surface area (Å²) in [6.45, 7) is 4.10. The topological polar surface area (TPSA) is 92.8 Å². The van der Waals surface area contributed by atoms with Crippen LogP contribution >= 0.6 is 0 Å². The number of methoxy groups -OCH3 is 2. The molecule has 8 nitrogen and oxygen atoms in total. The van der Waals surface area contributed by atoms with Crippen molar-refractivity contribution in [2.24, 2.45) is 0 Å². The number of nitrogens with zero attached hydrogens (tertiary/aromatic N) is 2. The summed E-state index contributed by atoms with van der Waals surface area (Å²) >= 11 is 0. The number of carbonyl (C=O) groups is 2. The van der Waals surface area contributed by atoms with E-state index in [0.29, 0.717) is 44.1 Å². The summed E-state index contributed by atoms with van der Waals surface area (Å²) in [5, 5.41) is 5.78. The number of para-hydroxylation sites is 1. The maximum absolute atomic E-state index is 12.6. The zero-order chi connectivity index (χ0) is 22.2. The molecule has 2 amide bonds. The number of piperazine rings is 1. The molecule has 1 aromatic heterocycles. The number of nitrogens with one attached hydrogen (secondary N) is 2. The molecule has 1 aromatic carbocycles. The van der Waals surface area contributed by atoms with E-state index in [1.807, 2.05) is 48.2 Å². The normalized spacial score (nSPS) is 16.5. The monoisotopic (exact) mass is 426 g/mol. The van der Waals surface area contributed by atoms with Gasteiger partial charge >= 0.3 is 0 Å². The Morgan fingerprint density at radius 3 is 2.77 bits per heavy atom. The Kier molecular flexibility index (Phi) is 7.83. The highest BCUT2D eigenvalue weighted by molar-refractivity contribution is 5.88. The van der Waals surface area contributed by atoms with E-state index in [2.05, 4.69) is 15.6 Å². The number of pyridine rings is 1. The number of hydrogen-bond acceptors (Lipinski definition) is 6. The average Bonchev–Trinajstić information content (AvgIpc) is 2.76. The molecular formula is C23H30N4O4. The molecule has 2 N–H and O–H groups in total. The molecule has 0 spiro atoms. The minimum absolute atomic E-state index is 0.0966. The second kappa shape index (κ2) is 10.8. The van der Waals surface area contributed by atoms with E-state index < -0.39 is 6.04 Å². The number of carbonyl (C=O) groups excluding carboxylic acids is 2. The molecule has 1 saturated heterocycles. The van der Waals surface area contributed by atoms with Gasteiger partial charge in [0.1, 0.15) is 0 Å². The van der Waals surface area contributed by atoms with Crippen LogP contribution in [0.4, 0.5) is 0 Å². The van der Waals surface area contributed by atoms with E-state index >= 15 is 0 Å². The molecule has 0 unspecified atom stereocenters. The van der Waals surface area contributed by atoms with Gasteiger partial charge in [-0.15, -0.1) is 0 Å². The molecule has 0 bridgehead atoms. The fourth-order valence-corrected chi connectivity index (χ4v) is 3.79. The molecule has 8 heteroatoms. The van der Waals surface area contributed by atoms with Crippen molar-refractivity contribution in [2.45, 2.75) is 32.4 Å². The number of hydrogen-bond donors (Lipinski definition) is 2. The predicted molar refractivity (Wildman–Crippen MR) is 117 cm³/mol. The van der Waals surface area contributed by atoms with Crippen LogP contribution in [0, 0.1) is 6.92 Å². The van der Waals surface area contributed by atoms with Crippen LogP contribution in [0.5, 0.6) is 11.5 Å². The van der Waals surface area contributed by atoms with E-state index in [4.69, 9.17) is 9.47 Å². The van der Waals surface area contributed by atoms with E-state index in [0.717, 1.165) is 17.0 Å². The predicted octanol–water partition coefficient (Wildman–Crippen LogP) is 1.46. The van der Waals surface area contributed by atoms with Crippen LogP contribution in [0.1, 0.15) is 23.4 Å². The first kappa shape index (κ1) is 22.6. The molecule has 0 aliphatic carbocycles. The second-order valence-corrected chi connectivity index (χ2v) is 7.50. The van der Waals surface area contributed by atoms with Crippen molar-refractivity contribution in [2.75, 3.05) is 33.9 Å². The lowest BCUT2D eigenvalue weighted by Gasteiger charge is -2.35. The highest BCUT2D eigenvalue weighted by Crippen LogP contribution is 2.32. The van der Waals surface area contributed by atoms with E-state index in [9.17, 15) is 9.59 Å². The molecule has 0 saturated carbocycles. The van der Waals surface area contributed by atoms with Gasteiger partial charge in [-0.25, -0.2) is 0 Å². The van der Waals surface area contributed by atoms with E-state index in [1.54, 1.807) is 14.2 Å². The zero-order valence-electron chi connectivity index (χ0n) is 18.3. The number of aryl methyl sites for hydroxylation is 1. The molecule has 2 heterocycles. The zero-order valence-corrected chi connectivity index (χ0v) is 18.3. The molecule has 1 fully saturated rings. The van der Waals surface area contributed by atoms with Crippen molar-refractivity contribution in [3.8, 4) is 11.5 Å². The van der Waals surface area contributed by atoms with E-state index in [1.165, 1.54) is 0 Å². The first-order valence-electron chi connectivity index (χ1n) is 10.4. The van der Waals surface area contributed by atoms with Crippen molar-refractivity contribution in [3.63, 3.8) is 0 Å². The third-order valence-corrected chi connectivity index (χ3v) is 5.33. The number of rotatable bonds is 9. The number of ether oxygens (including phenoxy) is 2. The van der Waals surface area contributed by atoms with Gasteiger partial charge in [0.05, 0.1) is 26.7 Å². The summed E-state index contributed by atoms with van der Waals surface area (Å²) in [6.07, 6.45) is 0.744. The third-order valence-electron chi connectivity index (χ3n) is 5.33. The Morgan fingerprint density at radius 2 is 2.03 bits per heavy atom. The SMILES string of the molecule is COc1cccc(CN2CCNC(=O)[C@@H]2CC(=O)NCCc2cccc(C)n2)c1OC. The number of benzene rings is 1. The van der Waals surface area contributed by atoms with Crippen LogP contribution in [0.3, 0.4) is 0 Å². The smallest absolute Gasteiger partial charge is 0.237 e. The number of amides is 2. The third kappa shape index (κ3) is 5.95. The van der Waals surface area contributed by atoms with Crippen molar-refractivity contribution >= 4 is 11.8 Å². The molecule has 1 aliphatic rings. The van der Waals surface area contributed by atoms with Crippen molar-refractivity contribution in [3.05, 3.63) is 53.3 Å². The Morgan fingerprint density at radius 1 is 1.23 bits per heavy atom. The van der Waals surface area contributed by atoms with Gasteiger partial charge in [0.15, 0.2) is 11.5 Å². The summed E-state index contributed by atoms with van der Waals surface area (Å²) in [4.78, 5) is 31.5. The van der Waals surface area contributed by atoms with Crippen molar-refractivity contribution in [1.29, 1.82) is 0 Å². The Hall–Kier alpha value is -3.13. The van der Waals surface area contributed by atoms with Gasteiger partial charge in [0, 0.05) is 49.6 Å². The van der Waals surface area contributed by atoms with Crippen LogP contribution in [0.2, 0.25) is 0 Å². The Labute approximate surface area is 182 Å². The minimum atomic E-state index is -0.540. The quantitative estimate of drug-likeness (QED) is 0.631. The molecule has 3 rings (SSSR count). The van der Waals surface area contributed by atoms with Gasteiger partial charge < -0.3 is 20.1 Å². The average molecular weight is 427 g/mol. The molecule has 166 valence electrons. The van der Waals surface area contributed by atoms with Crippen LogP contribution < -0.4 is 20.1 Å². The van der Waals surface area contributed by atoms with Gasteiger partial charge in [-0.2, -0.15) is 0 Å². The highest BCUT2D eigenvalue weighted by Gasteiger charge is 2.32. The van der Waals surface area contributed by atoms with Crippen molar-refractivity contribution in [1.82, 2.24) is 20.5 Å². The molecule has 0 radical (unpaired) electrons. The second-order valence-electron chi connectivity index (χ2n) is 7.50. The van der Waals surface area contributed by atoms with Crippen LogP contribution in [-0.4, -0.2) is 61.6 Å². The highest BCUT2D eigenvalue weighted by atomic mass is 16.5. The lowest BCUT2D eigenvalue weighted by Crippen LogP contribution is -2.56. The largest absolute Gasteiger partial charge is 0.493 e. The lowest BCUT2D eigenvalue weighted by atomic mass is 10.1. The molecule has 31 heavy (non-hydrogen) atoms. The summed E-state index contributed by atoms with van der Waals surface area (Å²) in [7, 11) is 3.19. The summed E-state index contributed by atoms with van der Waals surface area (Å²) in [5.74, 6) is 0.992. The summed E-state index contributed by atoms with van der Waals surface area (Å²) < 4.78 is 10.9. The maximum atomic E-state index is 12.6. The molecular weight excluding hydrogens is 396 g/mol. The van der Waals surface area contributed by atoms with Gasteiger partial charge in [0.25, 0.3) is 0 Å². The maximum Gasteiger partial charge on any atom is 0.237 e. The molecule has 2 aromatic rings. The van der Waals surface area contributed by atoms with Crippen LogP contribution in [0.25, 0.3) is 0 Å². The standard InChI is InChI=1S/C23H30N4O4/c1-16-6-4-8-18(26-16)10-11-24-21(28)14-19-23(29)25-12-13-27(19)15-17-7-5-9-20(30-2)22(17)31-3/h4-9,19H,10-15H2,1-3H3,(H,24,28)(H,25,29)/t19-/m0/s1. The Bertz CT molecular complexity index is 918. The number of aromatic nitrogens is 1. The van der Waals surface area contributed by atoms with Gasteiger partial charge in [-0.1, -0.05) is 18.2 Å². The van der Waals surface area contributed by atoms with E-state index in [-0.39, 0.29) is 18.2 Å². The molecule has 1 aliphatic heterocycles. The fraction of sp³-hybridized carbons (Fsp3) is 0.435. The van der Waals surface area contributed by atoms with Crippen LogP contribution in [0.15, 0.2) is 36.4 Å². The fourth-order valence-electron chi connectivity index (χ4n) is 3.79. The lowest BCUT2D eigenvalue weighted by molar-refractivity contribution is -0.134. The summed E-state index contributed by atoms with van der Waals surface area (Å²) in [6, 6.07) is 11.0. The van der Waals surface area contributed by atoms with Gasteiger partial charge in [-0.3, -0.25) is 19.5 Å². The van der Waals surface area contributed by atoms with Crippen LogP contribution in [-0.2, 0) is 22.6 Å². The Balaban J connectivity index is 1.61. The van der Waals surface area contributed by atoms with Crippen molar-refractivity contribution < 1.29 is 19.1 Å². The van der Waals surface area contributed by atoms with Gasteiger partial charge in [0.2, 0.25) is 11.8 Å². The van der Waals surface area contributed by atoms with Gasteiger partial charge in [-0.05, 0) is 25.1 Å². The molecule has 1 atom stereocenters. The first-order valence-corrected chi connectivity index (χ1v) is 10.4.